The molecule has 0 heterocycles. The molecule has 6 amide bonds. The van der Waals surface area contributed by atoms with E-state index < -0.39 is 77.6 Å². The third-order valence-electron chi connectivity index (χ3n) is 8.06. The molecule has 21 heteroatoms. The second-order valence-corrected chi connectivity index (χ2v) is 12.4. The van der Waals surface area contributed by atoms with Crippen molar-refractivity contribution < 1.29 is 38.3 Å². The zero-order valence-electron chi connectivity index (χ0n) is 30.2. The first kappa shape index (κ1) is 45.5. The fraction of sp³-hybridized carbons (Fsp3) is 0.562. The van der Waals surface area contributed by atoms with E-state index in [1.165, 1.54) is 45.3 Å². The van der Waals surface area contributed by atoms with Gasteiger partial charge in [-0.3, -0.25) is 39.6 Å². The van der Waals surface area contributed by atoms with E-state index in [0.717, 1.165) is 4.90 Å². The van der Waals surface area contributed by atoms with Gasteiger partial charge in [-0.25, -0.2) is 4.39 Å². The van der Waals surface area contributed by atoms with Gasteiger partial charge in [0.05, 0.1) is 6.10 Å². The highest BCUT2D eigenvalue weighted by Gasteiger charge is 2.35. The van der Waals surface area contributed by atoms with Gasteiger partial charge in [0.15, 0.2) is 11.9 Å². The fourth-order valence-corrected chi connectivity index (χ4v) is 5.28. The van der Waals surface area contributed by atoms with Crippen LogP contribution >= 0.6 is 0 Å². The minimum Gasteiger partial charge on any atom is -0.391 e. The summed E-state index contributed by atoms with van der Waals surface area (Å²) >= 11 is 0. The molecule has 1 aromatic carbocycles. The number of nitrogens with zero attached hydrogens (tertiary/aromatic N) is 1. The standard InChI is InChI=1S/C32H54FN13O7/c1-17(47)25(40-2)29(52)43-20(9-5-13-41-31(36)37)27(50)44-21(11-12-24(34)48)30(53)46(3)23(10-6-14-42-32(38)39)28(51)45-22(26(35)49)16-18-7-4-8-19(33)15-18/h4,7-8,15,17,20-23,25,40,47H,5-6,9-14,16H2,1-3H3,(H2,34,48)(H2,35,49)(H,43,52)(H,44,50)(H,45,51)(H4,36,37,41)(H4,38,39,42)/t17-,20+,21+,22+,23+,25+/m1/s1. The summed E-state index contributed by atoms with van der Waals surface area (Å²) in [5.74, 6) is -6.15. The number of nitrogens with one attached hydrogen (secondary N) is 8. The lowest BCUT2D eigenvalue weighted by Gasteiger charge is -2.32. The quantitative estimate of drug-likeness (QED) is 0.0272. The molecule has 0 aliphatic heterocycles. The molecule has 296 valence electrons. The van der Waals surface area contributed by atoms with E-state index in [9.17, 15) is 38.3 Å². The van der Waals surface area contributed by atoms with Crippen molar-refractivity contribution in [1.29, 1.82) is 10.8 Å². The summed E-state index contributed by atoms with van der Waals surface area (Å²) in [6.45, 7) is 1.66. The van der Waals surface area contributed by atoms with E-state index in [1.54, 1.807) is 0 Å². The molecule has 0 saturated heterocycles. The van der Waals surface area contributed by atoms with Gasteiger partial charge in [-0.1, -0.05) is 12.1 Å². The molecular formula is C32H54FN13O7. The molecule has 1 rings (SSSR count). The van der Waals surface area contributed by atoms with Crippen molar-refractivity contribution in [2.45, 2.75) is 88.2 Å². The average Bonchev–Trinajstić information content (AvgIpc) is 3.06. The smallest absolute Gasteiger partial charge is 0.245 e. The van der Waals surface area contributed by atoms with Crippen LogP contribution in [0.15, 0.2) is 24.3 Å². The van der Waals surface area contributed by atoms with E-state index in [0.29, 0.717) is 5.56 Å². The first-order valence-corrected chi connectivity index (χ1v) is 16.9. The molecule has 6 atom stereocenters. The predicted molar refractivity (Wildman–Crippen MR) is 193 cm³/mol. The van der Waals surface area contributed by atoms with Crippen LogP contribution in [0.4, 0.5) is 4.39 Å². The van der Waals surface area contributed by atoms with Crippen LogP contribution in [0.5, 0.6) is 0 Å². The number of nitrogens with two attached hydrogens (primary N) is 4. The van der Waals surface area contributed by atoms with Gasteiger partial charge < -0.3 is 64.8 Å². The summed E-state index contributed by atoms with van der Waals surface area (Å²) in [5.41, 5.74) is 22.0. The number of halogens is 1. The van der Waals surface area contributed by atoms with Gasteiger partial charge in [0.25, 0.3) is 0 Å². The Balaban J connectivity index is 3.41. The highest BCUT2D eigenvalue weighted by atomic mass is 19.1. The highest BCUT2D eigenvalue weighted by Crippen LogP contribution is 2.13. The molecule has 0 aliphatic carbocycles. The zero-order valence-corrected chi connectivity index (χ0v) is 30.2. The molecule has 53 heavy (non-hydrogen) atoms. The number of carbonyl (C=O) groups excluding carboxylic acids is 6. The number of carbonyl (C=O) groups is 6. The third-order valence-corrected chi connectivity index (χ3v) is 8.06. The predicted octanol–water partition coefficient (Wildman–Crippen LogP) is -4.10. The average molecular weight is 752 g/mol. The Kier molecular flexibility index (Phi) is 19.8. The zero-order chi connectivity index (χ0) is 40.2. The van der Waals surface area contributed by atoms with Crippen LogP contribution in [0.1, 0.15) is 51.0 Å². The monoisotopic (exact) mass is 751 g/mol. The van der Waals surface area contributed by atoms with Gasteiger partial charge in [0.1, 0.15) is 36.0 Å². The van der Waals surface area contributed by atoms with Crippen LogP contribution in [0.3, 0.4) is 0 Å². The fourth-order valence-electron chi connectivity index (χ4n) is 5.28. The number of aliphatic hydroxyl groups is 1. The number of rotatable bonds is 24. The van der Waals surface area contributed by atoms with Crippen molar-refractivity contribution in [3.05, 3.63) is 35.6 Å². The van der Waals surface area contributed by atoms with Crippen LogP contribution in [0, 0.1) is 16.6 Å². The number of primary amides is 2. The Morgan fingerprint density at radius 2 is 1.40 bits per heavy atom. The molecule has 17 N–H and O–H groups in total. The van der Waals surface area contributed by atoms with Crippen molar-refractivity contribution in [2.75, 3.05) is 27.2 Å². The molecule has 0 aromatic heterocycles. The lowest BCUT2D eigenvalue weighted by atomic mass is 10.0. The second-order valence-electron chi connectivity index (χ2n) is 12.4. The van der Waals surface area contributed by atoms with E-state index in [1.807, 2.05) is 0 Å². The van der Waals surface area contributed by atoms with Crippen molar-refractivity contribution in [1.82, 2.24) is 36.8 Å². The Labute approximate surface area is 307 Å². The number of guanidine groups is 2. The maximum Gasteiger partial charge on any atom is 0.245 e. The summed E-state index contributed by atoms with van der Waals surface area (Å²) < 4.78 is 13.8. The molecule has 0 saturated carbocycles. The number of hydrogen-bond acceptors (Lipinski definition) is 10. The number of likely N-dealkylation sites (N-methyl/N-ethyl adjacent to an activating group) is 2. The molecular weight excluding hydrogens is 697 g/mol. The maximum atomic E-state index is 14.0. The molecule has 1 aromatic rings. The summed E-state index contributed by atoms with van der Waals surface area (Å²) in [5, 5.41) is 40.2. The second kappa shape index (κ2) is 23.1. The third kappa shape index (κ3) is 17.0. The maximum absolute atomic E-state index is 14.0. The summed E-state index contributed by atoms with van der Waals surface area (Å²) in [6.07, 6.45) is -1.58. The Bertz CT molecular complexity index is 1450. The molecule has 0 radical (unpaired) electrons. The van der Waals surface area contributed by atoms with E-state index in [-0.39, 0.29) is 70.0 Å². The van der Waals surface area contributed by atoms with Crippen LogP contribution < -0.4 is 54.8 Å². The van der Waals surface area contributed by atoms with Crippen LogP contribution in [-0.2, 0) is 35.2 Å². The Morgan fingerprint density at radius 1 is 0.830 bits per heavy atom. The lowest BCUT2D eigenvalue weighted by molar-refractivity contribution is -0.143. The Hall–Kier alpha value is -5.57. The van der Waals surface area contributed by atoms with Crippen LogP contribution in [0.25, 0.3) is 0 Å². The number of aliphatic hydroxyl groups excluding tert-OH is 1. The lowest BCUT2D eigenvalue weighted by Crippen LogP contribution is -2.60. The minimum absolute atomic E-state index is 0.00529. The van der Waals surface area contributed by atoms with Gasteiger partial charge in [0.2, 0.25) is 35.4 Å². The van der Waals surface area contributed by atoms with Crippen molar-refractivity contribution in [3.63, 3.8) is 0 Å². The van der Waals surface area contributed by atoms with E-state index >= 15 is 0 Å². The largest absolute Gasteiger partial charge is 0.391 e. The molecule has 0 fully saturated rings. The van der Waals surface area contributed by atoms with Gasteiger partial charge in [-0.15, -0.1) is 0 Å². The summed E-state index contributed by atoms with van der Waals surface area (Å²) in [6, 6.07) is -1.07. The van der Waals surface area contributed by atoms with Gasteiger partial charge in [0, 0.05) is 33.0 Å². The minimum atomic E-state index is -1.45. The molecule has 0 aliphatic rings. The Morgan fingerprint density at radius 3 is 1.91 bits per heavy atom. The van der Waals surface area contributed by atoms with Gasteiger partial charge >= 0.3 is 0 Å². The molecule has 0 unspecified atom stereocenters. The topological polar surface area (TPSA) is 350 Å². The van der Waals surface area contributed by atoms with Crippen molar-refractivity contribution >= 4 is 47.4 Å². The number of benzene rings is 1. The SMILES string of the molecule is CN[C@H](C(=O)N[C@@H](CCCNC(=N)N)C(=O)N[C@@H](CCC(N)=O)C(=O)N(C)[C@@H](CCCNC(=N)N)C(=O)N[C@@H](Cc1cccc(F)c1)C(N)=O)[C@@H](C)O. The molecule has 0 bridgehead atoms. The number of amides is 6. The van der Waals surface area contributed by atoms with Crippen molar-refractivity contribution in [2.24, 2.45) is 22.9 Å². The highest BCUT2D eigenvalue weighted by molar-refractivity contribution is 5.96. The normalized spacial score (nSPS) is 14.2. The van der Waals surface area contributed by atoms with E-state index in [4.69, 9.17) is 33.8 Å². The first-order valence-electron chi connectivity index (χ1n) is 16.9. The number of hydrogen-bond donors (Lipinski definition) is 13. The van der Waals surface area contributed by atoms with Crippen molar-refractivity contribution in [3.8, 4) is 0 Å². The van der Waals surface area contributed by atoms with Crippen LogP contribution in [-0.4, -0.2) is 121 Å². The molecule has 0 spiro atoms. The first-order chi connectivity index (χ1) is 24.9. The van der Waals surface area contributed by atoms with Gasteiger partial charge in [-0.2, -0.15) is 0 Å². The van der Waals surface area contributed by atoms with Crippen LogP contribution in [0.2, 0.25) is 0 Å². The summed E-state index contributed by atoms with van der Waals surface area (Å²) in [7, 11) is 2.71. The molecule has 20 nitrogen and oxygen atoms in total. The van der Waals surface area contributed by atoms with E-state index in [2.05, 4.69) is 31.9 Å². The van der Waals surface area contributed by atoms with Gasteiger partial charge in [-0.05, 0) is 63.8 Å². The summed E-state index contributed by atoms with van der Waals surface area (Å²) in [4.78, 5) is 79.6.